The van der Waals surface area contributed by atoms with E-state index in [0.29, 0.717) is 5.69 Å². The van der Waals surface area contributed by atoms with Crippen LogP contribution in [0.2, 0.25) is 0 Å². The molecule has 23 heavy (non-hydrogen) atoms. The highest BCUT2D eigenvalue weighted by atomic mass is 16.5. The smallest absolute Gasteiger partial charge is 0.225 e. The maximum Gasteiger partial charge on any atom is 0.225 e. The maximum absolute atomic E-state index is 12.1. The first kappa shape index (κ1) is 13.6. The zero-order chi connectivity index (χ0) is 15.6. The number of rotatable bonds is 3. The van der Waals surface area contributed by atoms with Crippen molar-refractivity contribution in [1.29, 1.82) is 0 Å². The van der Waals surface area contributed by atoms with Gasteiger partial charge in [0, 0.05) is 35.8 Å². The summed E-state index contributed by atoms with van der Waals surface area (Å²) in [6.45, 7) is 0.785. The zero-order valence-corrected chi connectivity index (χ0v) is 12.6. The second kappa shape index (κ2) is 5.61. The Balaban J connectivity index is 1.89. The van der Waals surface area contributed by atoms with Crippen molar-refractivity contribution in [2.45, 2.75) is 6.54 Å². The van der Waals surface area contributed by atoms with Gasteiger partial charge in [-0.15, -0.1) is 0 Å². The van der Waals surface area contributed by atoms with E-state index in [1.807, 2.05) is 42.5 Å². The largest absolute Gasteiger partial charge is 0.618 e. The third-order valence-electron chi connectivity index (χ3n) is 4.08. The van der Waals surface area contributed by atoms with Crippen molar-refractivity contribution in [3.05, 3.63) is 96.0 Å². The summed E-state index contributed by atoms with van der Waals surface area (Å²) in [5.74, 6) is 0. The zero-order valence-electron chi connectivity index (χ0n) is 12.6. The number of hydrogen-bond donors (Lipinski definition) is 0. The molecule has 0 radical (unpaired) electrons. The molecule has 3 heteroatoms. The highest BCUT2D eigenvalue weighted by Crippen LogP contribution is 2.29. The fraction of sp³-hybridized carbons (Fsp3) is 0.0500. The van der Waals surface area contributed by atoms with Gasteiger partial charge < -0.3 is 9.77 Å². The average Bonchev–Trinajstić information content (AvgIpc) is 2.95. The third-order valence-corrected chi connectivity index (χ3v) is 4.08. The number of aromatic nitrogens is 2. The highest BCUT2D eigenvalue weighted by molar-refractivity contribution is 5.94. The molecule has 112 valence electrons. The highest BCUT2D eigenvalue weighted by Gasteiger charge is 2.15. The first-order valence-electron chi connectivity index (χ1n) is 7.63. The van der Waals surface area contributed by atoms with Crippen molar-refractivity contribution >= 4 is 10.9 Å². The van der Waals surface area contributed by atoms with Crippen LogP contribution in [0.25, 0.3) is 22.2 Å². The van der Waals surface area contributed by atoms with Crippen LogP contribution in [0, 0.1) is 5.21 Å². The van der Waals surface area contributed by atoms with Crippen LogP contribution in [0.1, 0.15) is 5.56 Å². The van der Waals surface area contributed by atoms with Gasteiger partial charge in [0.05, 0.1) is 5.56 Å². The summed E-state index contributed by atoms with van der Waals surface area (Å²) in [5, 5.41) is 13.2. The monoisotopic (exact) mass is 300 g/mol. The van der Waals surface area contributed by atoms with E-state index in [9.17, 15) is 5.21 Å². The lowest BCUT2D eigenvalue weighted by Crippen LogP contribution is -2.27. The van der Waals surface area contributed by atoms with E-state index in [-0.39, 0.29) is 0 Å². The topological polar surface area (TPSA) is 31.9 Å². The van der Waals surface area contributed by atoms with Gasteiger partial charge in [-0.2, -0.15) is 4.73 Å². The van der Waals surface area contributed by atoms with Crippen LogP contribution in [0.4, 0.5) is 0 Å². The Kier molecular flexibility index (Phi) is 3.31. The van der Waals surface area contributed by atoms with E-state index in [2.05, 4.69) is 35.0 Å². The molecule has 4 aromatic rings. The lowest BCUT2D eigenvalue weighted by atomic mass is 10.1. The summed E-state index contributed by atoms with van der Waals surface area (Å²) in [6, 6.07) is 24.1. The maximum atomic E-state index is 12.1. The Bertz CT molecular complexity index is 958. The van der Waals surface area contributed by atoms with Crippen molar-refractivity contribution in [3.63, 3.8) is 0 Å². The first-order chi connectivity index (χ1) is 11.3. The van der Waals surface area contributed by atoms with Crippen LogP contribution in [-0.4, -0.2) is 4.57 Å². The second-order valence-corrected chi connectivity index (χ2v) is 5.59. The molecule has 0 atom stereocenters. The number of para-hydroxylation sites is 1. The van der Waals surface area contributed by atoms with E-state index in [0.717, 1.165) is 27.7 Å². The average molecular weight is 300 g/mol. The summed E-state index contributed by atoms with van der Waals surface area (Å²) in [5.41, 5.74) is 4.01. The number of nitrogens with zero attached hydrogens (tertiary/aromatic N) is 2. The Morgan fingerprint density at radius 1 is 0.826 bits per heavy atom. The molecule has 0 aliphatic rings. The Labute approximate surface area is 134 Å². The van der Waals surface area contributed by atoms with Crippen molar-refractivity contribution in [2.75, 3.05) is 0 Å². The fourth-order valence-corrected chi connectivity index (χ4v) is 3.00. The molecule has 0 saturated carbocycles. The van der Waals surface area contributed by atoms with E-state index >= 15 is 0 Å². The molecule has 0 amide bonds. The third kappa shape index (κ3) is 2.46. The second-order valence-electron chi connectivity index (χ2n) is 5.59. The van der Waals surface area contributed by atoms with Gasteiger partial charge in [0.1, 0.15) is 0 Å². The summed E-state index contributed by atoms with van der Waals surface area (Å²) < 4.78 is 3.13. The van der Waals surface area contributed by atoms with Gasteiger partial charge in [-0.3, -0.25) is 0 Å². The van der Waals surface area contributed by atoms with Crippen molar-refractivity contribution in [1.82, 2.24) is 4.57 Å². The van der Waals surface area contributed by atoms with Crippen LogP contribution in [0.5, 0.6) is 0 Å². The van der Waals surface area contributed by atoms with Crippen LogP contribution >= 0.6 is 0 Å². The van der Waals surface area contributed by atoms with E-state index < -0.39 is 0 Å². The summed E-state index contributed by atoms with van der Waals surface area (Å²) in [4.78, 5) is 0. The number of hydrogen-bond acceptors (Lipinski definition) is 1. The lowest BCUT2D eigenvalue weighted by molar-refractivity contribution is -0.593. The fourth-order valence-electron chi connectivity index (χ4n) is 3.00. The Hall–Kier alpha value is -3.07. The molecular formula is C20H16N2O. The number of pyridine rings is 1. The minimum Gasteiger partial charge on any atom is -0.618 e. The molecule has 0 aliphatic heterocycles. The van der Waals surface area contributed by atoms with Crippen LogP contribution in [0.3, 0.4) is 0 Å². The predicted octanol–water partition coefficient (Wildman–Crippen LogP) is 3.99. The van der Waals surface area contributed by atoms with Crippen molar-refractivity contribution in [2.24, 2.45) is 0 Å². The molecule has 4 rings (SSSR count). The van der Waals surface area contributed by atoms with E-state index in [1.165, 1.54) is 5.56 Å². The van der Waals surface area contributed by atoms with Gasteiger partial charge in [-0.1, -0.05) is 48.5 Å². The normalized spacial score (nSPS) is 11.0. The van der Waals surface area contributed by atoms with Crippen LogP contribution < -0.4 is 4.73 Å². The van der Waals surface area contributed by atoms with Gasteiger partial charge in [0.15, 0.2) is 6.20 Å². The minimum atomic E-state index is 0.676. The number of fused-ring (bicyclic) bond motifs is 1. The molecule has 2 aromatic carbocycles. The molecule has 3 nitrogen and oxygen atoms in total. The predicted molar refractivity (Wildman–Crippen MR) is 91.9 cm³/mol. The van der Waals surface area contributed by atoms with Gasteiger partial charge in [0.25, 0.3) is 0 Å². The molecule has 0 spiro atoms. The van der Waals surface area contributed by atoms with Gasteiger partial charge >= 0.3 is 0 Å². The number of benzene rings is 2. The van der Waals surface area contributed by atoms with Gasteiger partial charge in [-0.05, 0) is 17.7 Å². The van der Waals surface area contributed by atoms with E-state index in [1.54, 1.807) is 12.3 Å². The molecule has 0 bridgehead atoms. The standard InChI is InChI=1S/C20H16N2O/c23-22-13-7-6-12-20(22)18-15-21(14-16-8-2-1-3-9-16)19-11-5-4-10-17(18)19/h1-13,15H,14H2. The Morgan fingerprint density at radius 3 is 2.39 bits per heavy atom. The molecular weight excluding hydrogens is 284 g/mol. The first-order valence-corrected chi connectivity index (χ1v) is 7.63. The van der Waals surface area contributed by atoms with Crippen molar-refractivity contribution in [3.8, 4) is 11.3 Å². The summed E-state index contributed by atoms with van der Waals surface area (Å²) >= 11 is 0. The Morgan fingerprint density at radius 2 is 1.57 bits per heavy atom. The molecule has 2 heterocycles. The summed E-state index contributed by atoms with van der Waals surface area (Å²) in [7, 11) is 0. The lowest BCUT2D eigenvalue weighted by Gasteiger charge is -2.05. The quantitative estimate of drug-likeness (QED) is 0.416. The minimum absolute atomic E-state index is 0.676. The molecule has 0 saturated heterocycles. The van der Waals surface area contributed by atoms with E-state index in [4.69, 9.17) is 0 Å². The molecule has 2 aromatic heterocycles. The van der Waals surface area contributed by atoms with Crippen LogP contribution in [0.15, 0.2) is 85.2 Å². The van der Waals surface area contributed by atoms with Gasteiger partial charge in [0.2, 0.25) is 5.69 Å². The molecule has 0 unspecified atom stereocenters. The molecule has 0 fully saturated rings. The van der Waals surface area contributed by atoms with Crippen molar-refractivity contribution < 1.29 is 4.73 Å². The molecule has 0 N–H and O–H groups in total. The molecule has 0 aliphatic carbocycles. The van der Waals surface area contributed by atoms with Gasteiger partial charge in [-0.25, -0.2) is 0 Å². The SMILES string of the molecule is [O-][n+]1ccccc1-c1cn(Cc2ccccc2)c2ccccc12. The van der Waals surface area contributed by atoms with Crippen LogP contribution in [-0.2, 0) is 6.54 Å². The summed E-state index contributed by atoms with van der Waals surface area (Å²) in [6.07, 6.45) is 3.61.